The Kier molecular flexibility index (Phi) is 15.1. The van der Waals surface area contributed by atoms with E-state index in [2.05, 4.69) is 71.4 Å². The van der Waals surface area contributed by atoms with Gasteiger partial charge in [-0.25, -0.2) is 4.98 Å². The van der Waals surface area contributed by atoms with Crippen LogP contribution in [0.3, 0.4) is 0 Å². The first-order chi connectivity index (χ1) is 31.2. The molecule has 0 unspecified atom stereocenters. The van der Waals surface area contributed by atoms with Gasteiger partial charge in [-0.05, 0) is 65.1 Å². The maximum atomic E-state index is 13.9. The standard InChI is InChI=1S/C50H58ClN9O6/c1-48(2,3)42(45(65)60-29-36(61)22-39(60)44(64)57-26-31-10-8-30(24-52)9-11-31)58-41(62)28-54-20-21-55-40-19-17-35(27-56-40)32-12-14-33(15-13-32)43(63)59-46-49(4,5)47(50(46,6)7)66-37-18-16-34(25-53)38(51)23-37/h8-19,23,27,36,39,42,46-47,54,61H,20-22,26,28-29H2,1-7H3,(H,55,56)(H,57,64)(H,58,62)(H,59,63)/t36-,39+,42-,46?,47?/m1/s1. The Balaban J connectivity index is 0.936. The van der Waals surface area contributed by atoms with Gasteiger partial charge in [0.05, 0.1) is 34.9 Å². The second-order valence-corrected chi connectivity index (χ2v) is 19.6. The zero-order valence-electron chi connectivity index (χ0n) is 38.4. The summed E-state index contributed by atoms with van der Waals surface area (Å²) in [4.78, 5) is 59.6. The van der Waals surface area contributed by atoms with E-state index in [0.717, 1.165) is 16.7 Å². The number of likely N-dealkylation sites (tertiary alicyclic amines) is 1. The first-order valence-electron chi connectivity index (χ1n) is 22.0. The molecule has 0 bridgehead atoms. The Labute approximate surface area is 391 Å². The van der Waals surface area contributed by atoms with Gasteiger partial charge < -0.3 is 41.3 Å². The number of amides is 4. The number of rotatable bonds is 16. The van der Waals surface area contributed by atoms with Crippen LogP contribution in [-0.4, -0.2) is 95.1 Å². The maximum Gasteiger partial charge on any atom is 0.251 e. The van der Waals surface area contributed by atoms with Crippen molar-refractivity contribution in [1.82, 2.24) is 31.2 Å². The predicted molar refractivity (Wildman–Crippen MR) is 251 cm³/mol. The number of aliphatic hydroxyl groups excluding tert-OH is 1. The lowest BCUT2D eigenvalue weighted by Crippen LogP contribution is -2.74. The molecule has 15 nitrogen and oxygen atoms in total. The van der Waals surface area contributed by atoms with Crippen LogP contribution < -0.4 is 31.3 Å². The molecule has 4 aromatic rings. The van der Waals surface area contributed by atoms with Crippen molar-refractivity contribution in [2.75, 3.05) is 31.5 Å². The van der Waals surface area contributed by atoms with E-state index in [-0.39, 0.29) is 44.1 Å². The maximum absolute atomic E-state index is 13.9. The van der Waals surface area contributed by atoms with E-state index in [9.17, 15) is 29.5 Å². The molecule has 0 spiro atoms. The average molecular weight is 917 g/mol. The van der Waals surface area contributed by atoms with Crippen LogP contribution in [0.4, 0.5) is 5.82 Å². The van der Waals surface area contributed by atoms with Gasteiger partial charge in [0, 0.05) is 72.9 Å². The van der Waals surface area contributed by atoms with Gasteiger partial charge in [-0.3, -0.25) is 19.2 Å². The molecule has 16 heteroatoms. The number of halogens is 1. The number of ether oxygens (including phenoxy) is 1. The fourth-order valence-electron chi connectivity index (χ4n) is 9.11. The molecule has 0 radical (unpaired) electrons. The van der Waals surface area contributed by atoms with Crippen molar-refractivity contribution >= 4 is 41.0 Å². The number of nitriles is 2. The van der Waals surface area contributed by atoms with Crippen LogP contribution in [0.2, 0.25) is 5.02 Å². The number of carbonyl (C=O) groups is 4. The number of nitrogens with one attached hydrogen (secondary N) is 5. The molecular weight excluding hydrogens is 858 g/mol. The van der Waals surface area contributed by atoms with Gasteiger partial charge in [0.1, 0.15) is 35.8 Å². The molecule has 1 saturated carbocycles. The van der Waals surface area contributed by atoms with Gasteiger partial charge in [-0.15, -0.1) is 0 Å². The van der Waals surface area contributed by atoms with Crippen molar-refractivity contribution in [3.63, 3.8) is 0 Å². The highest BCUT2D eigenvalue weighted by Gasteiger charge is 2.64. The smallest absolute Gasteiger partial charge is 0.251 e. The monoisotopic (exact) mass is 915 g/mol. The van der Waals surface area contributed by atoms with Crippen molar-refractivity contribution in [2.45, 2.75) is 91.8 Å². The molecule has 3 atom stereocenters. The Morgan fingerprint density at radius 1 is 0.924 bits per heavy atom. The van der Waals surface area contributed by atoms with E-state index in [1.165, 1.54) is 4.90 Å². The average Bonchev–Trinajstić information content (AvgIpc) is 3.69. The summed E-state index contributed by atoms with van der Waals surface area (Å²) in [6, 6.07) is 25.0. The van der Waals surface area contributed by atoms with E-state index in [0.29, 0.717) is 46.4 Å². The SMILES string of the molecule is CC1(C)C(NC(=O)c2ccc(-c3ccc(NCCNCC(=O)N[C@H](C(=O)N4C[C@H](O)C[C@H]4C(=O)NCc4ccc(C#N)cc4)C(C)(C)C)nc3)cc2)C(C)(C)C1Oc1ccc(C#N)c(Cl)c1. The quantitative estimate of drug-likeness (QED) is 0.0764. The molecular formula is C50H58ClN9O6. The molecule has 2 aliphatic rings. The predicted octanol–water partition coefficient (Wildman–Crippen LogP) is 5.57. The van der Waals surface area contributed by atoms with Crippen molar-refractivity contribution in [1.29, 1.82) is 10.5 Å². The highest BCUT2D eigenvalue weighted by atomic mass is 35.5. The highest BCUT2D eigenvalue weighted by Crippen LogP contribution is 2.55. The van der Waals surface area contributed by atoms with E-state index in [1.807, 2.05) is 45.0 Å². The third-order valence-corrected chi connectivity index (χ3v) is 12.7. The van der Waals surface area contributed by atoms with Gasteiger partial charge in [-0.1, -0.05) is 84.3 Å². The van der Waals surface area contributed by atoms with Gasteiger partial charge in [0.15, 0.2) is 0 Å². The first kappa shape index (κ1) is 48.9. The number of nitrogens with zero attached hydrogens (tertiary/aromatic N) is 4. The van der Waals surface area contributed by atoms with Crippen molar-refractivity contribution in [3.8, 4) is 29.0 Å². The lowest BCUT2D eigenvalue weighted by atomic mass is 9.49. The Hall–Kier alpha value is -6.52. The number of hydrogen-bond donors (Lipinski definition) is 6. The molecule has 66 heavy (non-hydrogen) atoms. The summed E-state index contributed by atoms with van der Waals surface area (Å²) in [5.41, 5.74) is 2.47. The van der Waals surface area contributed by atoms with Crippen LogP contribution in [0.1, 0.15) is 81.9 Å². The topological polar surface area (TPSA) is 222 Å². The molecule has 2 fully saturated rings. The van der Waals surface area contributed by atoms with Crippen LogP contribution >= 0.6 is 11.6 Å². The summed E-state index contributed by atoms with van der Waals surface area (Å²) >= 11 is 6.24. The fourth-order valence-corrected chi connectivity index (χ4v) is 9.32. The van der Waals surface area contributed by atoms with E-state index < -0.39 is 52.2 Å². The number of hydrogen-bond acceptors (Lipinski definition) is 11. The number of carbonyl (C=O) groups excluding carboxylic acids is 4. The normalized spacial score (nSPS) is 19.8. The molecule has 4 amide bonds. The van der Waals surface area contributed by atoms with Crippen LogP contribution in [0.5, 0.6) is 5.75 Å². The summed E-state index contributed by atoms with van der Waals surface area (Å²) in [5, 5.41) is 44.3. The summed E-state index contributed by atoms with van der Waals surface area (Å²) in [6.45, 7) is 14.7. The van der Waals surface area contributed by atoms with Crippen molar-refractivity contribution in [3.05, 3.63) is 112 Å². The number of anilines is 1. The molecule has 1 saturated heterocycles. The number of pyridine rings is 1. The summed E-state index contributed by atoms with van der Waals surface area (Å²) < 4.78 is 6.36. The van der Waals surface area contributed by atoms with Crippen LogP contribution in [-0.2, 0) is 20.9 Å². The first-order valence-corrected chi connectivity index (χ1v) is 22.3. The summed E-state index contributed by atoms with van der Waals surface area (Å²) in [7, 11) is 0. The zero-order chi connectivity index (χ0) is 48.0. The van der Waals surface area contributed by atoms with Gasteiger partial charge in [0.2, 0.25) is 17.7 Å². The molecule has 346 valence electrons. The van der Waals surface area contributed by atoms with Gasteiger partial charge >= 0.3 is 0 Å². The lowest BCUT2D eigenvalue weighted by Gasteiger charge is -2.63. The molecule has 1 aliphatic carbocycles. The van der Waals surface area contributed by atoms with Crippen molar-refractivity contribution in [2.24, 2.45) is 16.2 Å². The van der Waals surface area contributed by atoms with Gasteiger partial charge in [0.25, 0.3) is 5.91 Å². The number of benzene rings is 3. The second-order valence-electron chi connectivity index (χ2n) is 19.2. The molecule has 6 N–H and O–H groups in total. The van der Waals surface area contributed by atoms with Crippen LogP contribution in [0, 0.1) is 38.9 Å². The van der Waals surface area contributed by atoms with E-state index in [4.69, 9.17) is 21.6 Å². The second kappa shape index (κ2) is 20.3. The largest absolute Gasteiger partial charge is 0.489 e. The van der Waals surface area contributed by atoms with Crippen LogP contribution in [0.15, 0.2) is 85.1 Å². The number of aliphatic hydroxyl groups is 1. The minimum Gasteiger partial charge on any atom is -0.489 e. The Bertz CT molecular complexity index is 2480. The number of aromatic nitrogens is 1. The minimum atomic E-state index is -0.954. The highest BCUT2D eigenvalue weighted by molar-refractivity contribution is 6.31. The fraction of sp³-hybridized carbons (Fsp3) is 0.420. The third-order valence-electron chi connectivity index (χ3n) is 12.4. The third kappa shape index (κ3) is 11.3. The number of β-amino-alcohol motifs (C(OH)–C–C–N with tert-alkyl or cyclic N) is 1. The molecule has 3 aromatic carbocycles. The lowest BCUT2D eigenvalue weighted by molar-refractivity contribution is -0.164. The minimum absolute atomic E-state index is 0.0304. The Morgan fingerprint density at radius 2 is 1.61 bits per heavy atom. The molecule has 6 rings (SSSR count). The van der Waals surface area contributed by atoms with Crippen molar-refractivity contribution < 1.29 is 29.0 Å². The summed E-state index contributed by atoms with van der Waals surface area (Å²) in [5.74, 6) is -0.229. The molecule has 1 aromatic heterocycles. The molecule has 1 aliphatic heterocycles. The summed E-state index contributed by atoms with van der Waals surface area (Å²) in [6.07, 6.45) is 0.714. The van der Waals surface area contributed by atoms with Crippen LogP contribution in [0.25, 0.3) is 11.1 Å². The van der Waals surface area contributed by atoms with E-state index >= 15 is 0 Å². The Morgan fingerprint density at radius 3 is 2.21 bits per heavy atom. The molecule has 2 heterocycles. The van der Waals surface area contributed by atoms with Gasteiger partial charge in [-0.2, -0.15) is 10.5 Å². The van der Waals surface area contributed by atoms with E-state index in [1.54, 1.807) is 60.8 Å². The zero-order valence-corrected chi connectivity index (χ0v) is 39.1.